The SMILES string of the molecule is COCc1nc(N2CCc3ccccc3CC2)sc1CN. The van der Waals surface area contributed by atoms with Gasteiger partial charge in [-0.1, -0.05) is 24.3 Å². The molecule has 1 aliphatic rings. The number of thiazole rings is 1. The van der Waals surface area contributed by atoms with Gasteiger partial charge in [-0.2, -0.15) is 0 Å². The Morgan fingerprint density at radius 2 is 1.90 bits per heavy atom. The van der Waals surface area contributed by atoms with Crippen LogP contribution in [0.1, 0.15) is 21.7 Å². The van der Waals surface area contributed by atoms with Gasteiger partial charge in [-0.05, 0) is 24.0 Å². The number of hydrogen-bond donors (Lipinski definition) is 1. The Balaban J connectivity index is 1.79. The monoisotopic (exact) mass is 303 g/mol. The summed E-state index contributed by atoms with van der Waals surface area (Å²) >= 11 is 1.70. The third kappa shape index (κ3) is 3.10. The van der Waals surface area contributed by atoms with Gasteiger partial charge in [0.25, 0.3) is 0 Å². The van der Waals surface area contributed by atoms with Gasteiger partial charge >= 0.3 is 0 Å². The molecule has 21 heavy (non-hydrogen) atoms. The number of hydrogen-bond acceptors (Lipinski definition) is 5. The fourth-order valence-electron chi connectivity index (χ4n) is 2.77. The van der Waals surface area contributed by atoms with Crippen LogP contribution in [0.25, 0.3) is 0 Å². The zero-order chi connectivity index (χ0) is 14.7. The molecule has 0 unspecified atom stereocenters. The summed E-state index contributed by atoms with van der Waals surface area (Å²) in [6.07, 6.45) is 2.15. The van der Waals surface area contributed by atoms with Gasteiger partial charge in [-0.25, -0.2) is 4.98 Å². The fourth-order valence-corrected chi connectivity index (χ4v) is 3.77. The van der Waals surface area contributed by atoms with Crippen LogP contribution in [0, 0.1) is 0 Å². The predicted molar refractivity (Wildman–Crippen MR) is 86.8 cm³/mol. The first kappa shape index (κ1) is 14.5. The maximum atomic E-state index is 5.82. The molecule has 0 bridgehead atoms. The molecule has 4 nitrogen and oxygen atoms in total. The number of benzene rings is 1. The van der Waals surface area contributed by atoms with E-state index in [-0.39, 0.29) is 0 Å². The predicted octanol–water partition coefficient (Wildman–Crippen LogP) is 2.35. The van der Waals surface area contributed by atoms with Crippen LogP contribution < -0.4 is 10.6 Å². The Morgan fingerprint density at radius 3 is 2.48 bits per heavy atom. The first-order chi connectivity index (χ1) is 10.3. The normalized spacial score (nSPS) is 14.9. The second kappa shape index (κ2) is 6.56. The van der Waals surface area contributed by atoms with Crippen molar-refractivity contribution < 1.29 is 4.74 Å². The van der Waals surface area contributed by atoms with Crippen molar-refractivity contribution in [1.82, 2.24) is 4.98 Å². The molecule has 0 radical (unpaired) electrons. The summed E-state index contributed by atoms with van der Waals surface area (Å²) in [5, 5.41) is 1.08. The van der Waals surface area contributed by atoms with Gasteiger partial charge in [-0.3, -0.25) is 0 Å². The van der Waals surface area contributed by atoms with E-state index in [1.165, 1.54) is 11.1 Å². The molecule has 0 fully saturated rings. The molecule has 0 saturated heterocycles. The molecule has 0 aliphatic carbocycles. The highest BCUT2D eigenvalue weighted by Gasteiger charge is 2.18. The van der Waals surface area contributed by atoms with Crippen molar-refractivity contribution in [2.24, 2.45) is 5.73 Å². The average Bonchev–Trinajstić information content (AvgIpc) is 2.79. The largest absolute Gasteiger partial charge is 0.378 e. The Kier molecular flexibility index (Phi) is 4.53. The molecule has 112 valence electrons. The number of ether oxygens (including phenoxy) is 1. The van der Waals surface area contributed by atoms with E-state index in [9.17, 15) is 0 Å². The average molecular weight is 303 g/mol. The quantitative estimate of drug-likeness (QED) is 0.942. The number of fused-ring (bicyclic) bond motifs is 1. The molecule has 5 heteroatoms. The van der Waals surface area contributed by atoms with Crippen LogP contribution in [-0.2, 0) is 30.7 Å². The number of anilines is 1. The molecule has 0 amide bonds. The highest BCUT2D eigenvalue weighted by atomic mass is 32.1. The molecule has 1 aromatic heterocycles. The minimum Gasteiger partial charge on any atom is -0.378 e. The number of nitrogens with zero attached hydrogens (tertiary/aromatic N) is 2. The van der Waals surface area contributed by atoms with E-state index < -0.39 is 0 Å². The van der Waals surface area contributed by atoms with E-state index in [1.54, 1.807) is 18.4 Å². The minimum absolute atomic E-state index is 0.532. The maximum Gasteiger partial charge on any atom is 0.185 e. The van der Waals surface area contributed by atoms with E-state index >= 15 is 0 Å². The molecule has 0 saturated carbocycles. The minimum atomic E-state index is 0.532. The summed E-state index contributed by atoms with van der Waals surface area (Å²) in [5.41, 5.74) is 9.74. The van der Waals surface area contributed by atoms with Crippen LogP contribution in [-0.4, -0.2) is 25.2 Å². The molecule has 3 rings (SSSR count). The van der Waals surface area contributed by atoms with Crippen LogP contribution in [0.4, 0.5) is 5.13 Å². The smallest absolute Gasteiger partial charge is 0.185 e. The third-order valence-corrected chi connectivity index (χ3v) is 5.11. The van der Waals surface area contributed by atoms with Crippen molar-refractivity contribution in [2.75, 3.05) is 25.1 Å². The molecule has 0 atom stereocenters. The molecular weight excluding hydrogens is 282 g/mol. The van der Waals surface area contributed by atoms with Gasteiger partial charge < -0.3 is 15.4 Å². The summed E-state index contributed by atoms with van der Waals surface area (Å²) in [4.78, 5) is 8.25. The molecule has 2 aromatic rings. The number of rotatable bonds is 4. The van der Waals surface area contributed by atoms with E-state index in [0.717, 1.165) is 41.6 Å². The number of nitrogens with two attached hydrogens (primary N) is 1. The van der Waals surface area contributed by atoms with Crippen molar-refractivity contribution >= 4 is 16.5 Å². The lowest BCUT2D eigenvalue weighted by Crippen LogP contribution is -2.25. The van der Waals surface area contributed by atoms with E-state index in [0.29, 0.717) is 13.2 Å². The van der Waals surface area contributed by atoms with Crippen LogP contribution in [0.3, 0.4) is 0 Å². The topological polar surface area (TPSA) is 51.4 Å². The summed E-state index contributed by atoms with van der Waals surface area (Å²) in [7, 11) is 1.70. The third-order valence-electron chi connectivity index (χ3n) is 3.92. The van der Waals surface area contributed by atoms with E-state index in [4.69, 9.17) is 15.5 Å². The van der Waals surface area contributed by atoms with Gasteiger partial charge in [0.2, 0.25) is 0 Å². The first-order valence-corrected chi connectivity index (χ1v) is 8.12. The van der Waals surface area contributed by atoms with Crippen molar-refractivity contribution in [3.05, 3.63) is 46.0 Å². The van der Waals surface area contributed by atoms with Gasteiger partial charge in [-0.15, -0.1) is 11.3 Å². The highest BCUT2D eigenvalue weighted by molar-refractivity contribution is 7.15. The second-order valence-corrected chi connectivity index (χ2v) is 6.32. The first-order valence-electron chi connectivity index (χ1n) is 7.31. The lowest BCUT2D eigenvalue weighted by Gasteiger charge is -2.18. The van der Waals surface area contributed by atoms with Crippen molar-refractivity contribution in [3.8, 4) is 0 Å². The Hall–Kier alpha value is -1.43. The maximum absolute atomic E-state index is 5.82. The van der Waals surface area contributed by atoms with Crippen LogP contribution in [0.5, 0.6) is 0 Å². The lowest BCUT2D eigenvalue weighted by atomic mass is 10.0. The highest BCUT2D eigenvalue weighted by Crippen LogP contribution is 2.28. The molecule has 1 aromatic carbocycles. The lowest BCUT2D eigenvalue weighted by molar-refractivity contribution is 0.181. The number of aromatic nitrogens is 1. The zero-order valence-corrected chi connectivity index (χ0v) is 13.2. The van der Waals surface area contributed by atoms with E-state index in [1.807, 2.05) is 0 Å². The molecule has 2 N–H and O–H groups in total. The molecule has 1 aliphatic heterocycles. The molecule has 2 heterocycles. The van der Waals surface area contributed by atoms with Gasteiger partial charge in [0, 0.05) is 31.6 Å². The van der Waals surface area contributed by atoms with Crippen LogP contribution in [0.2, 0.25) is 0 Å². The van der Waals surface area contributed by atoms with Gasteiger partial charge in [0.05, 0.1) is 12.3 Å². The van der Waals surface area contributed by atoms with Crippen LogP contribution in [0.15, 0.2) is 24.3 Å². The van der Waals surface area contributed by atoms with Crippen molar-refractivity contribution in [1.29, 1.82) is 0 Å². The van der Waals surface area contributed by atoms with Crippen molar-refractivity contribution in [3.63, 3.8) is 0 Å². The van der Waals surface area contributed by atoms with Crippen LogP contribution >= 0.6 is 11.3 Å². The Bertz CT molecular complexity index is 584. The fraction of sp³-hybridized carbons (Fsp3) is 0.438. The zero-order valence-electron chi connectivity index (χ0n) is 12.3. The second-order valence-electron chi connectivity index (χ2n) is 5.26. The summed E-state index contributed by atoms with van der Waals surface area (Å²) < 4.78 is 5.22. The number of methoxy groups -OCH3 is 1. The summed E-state index contributed by atoms with van der Waals surface area (Å²) in [5.74, 6) is 0. The van der Waals surface area contributed by atoms with Gasteiger partial charge in [0.1, 0.15) is 0 Å². The standard InChI is InChI=1S/C16H21N3OS/c1-20-11-14-15(10-17)21-16(18-14)19-8-6-12-4-2-3-5-13(12)7-9-19/h2-5H,6-11,17H2,1H3. The van der Waals surface area contributed by atoms with Gasteiger partial charge in [0.15, 0.2) is 5.13 Å². The summed E-state index contributed by atoms with van der Waals surface area (Å²) in [6, 6.07) is 8.73. The summed E-state index contributed by atoms with van der Waals surface area (Å²) in [6.45, 7) is 3.10. The molecule has 0 spiro atoms. The van der Waals surface area contributed by atoms with Crippen molar-refractivity contribution in [2.45, 2.75) is 26.0 Å². The molecular formula is C16H21N3OS. The Morgan fingerprint density at radius 1 is 1.24 bits per heavy atom. The Labute approximate surface area is 129 Å². The van der Waals surface area contributed by atoms with E-state index in [2.05, 4.69) is 29.2 Å².